The molecule has 0 aromatic heterocycles. The summed E-state index contributed by atoms with van der Waals surface area (Å²) < 4.78 is 21.9. The van der Waals surface area contributed by atoms with Crippen LogP contribution < -0.4 is 14.2 Å². The van der Waals surface area contributed by atoms with Gasteiger partial charge in [-0.2, -0.15) is 0 Å². The summed E-state index contributed by atoms with van der Waals surface area (Å²) in [6.45, 7) is 2.46. The third-order valence-electron chi connectivity index (χ3n) is 4.03. The number of rotatable bonds is 5. The first kappa shape index (κ1) is 19.0. The molecule has 2 saturated heterocycles. The molecule has 1 aromatic carbocycles. The van der Waals surface area contributed by atoms with Crippen molar-refractivity contribution in [2.24, 2.45) is 0 Å². The van der Waals surface area contributed by atoms with Crippen LogP contribution in [-0.4, -0.2) is 67.9 Å². The number of nitrogens with zero attached hydrogens (tertiary/aromatic N) is 2. The van der Waals surface area contributed by atoms with Gasteiger partial charge in [0.15, 0.2) is 15.8 Å². The van der Waals surface area contributed by atoms with Gasteiger partial charge in [-0.1, -0.05) is 24.0 Å². The van der Waals surface area contributed by atoms with Crippen LogP contribution in [0.25, 0.3) is 6.08 Å². The maximum Gasteiger partial charge on any atom is 0.280 e. The fourth-order valence-corrected chi connectivity index (χ4v) is 4.10. The Bertz CT molecular complexity index is 722. The Labute approximate surface area is 161 Å². The highest BCUT2D eigenvalue weighted by atomic mass is 32.2. The lowest BCUT2D eigenvalue weighted by molar-refractivity contribution is -0.138. The lowest BCUT2D eigenvalue weighted by Gasteiger charge is -2.33. The molecule has 1 amide bonds. The van der Waals surface area contributed by atoms with Crippen LogP contribution in [0.4, 0.5) is 0 Å². The van der Waals surface area contributed by atoms with Crippen molar-refractivity contribution in [1.29, 1.82) is 0 Å². The number of hydrogen-bond donors (Lipinski definition) is 0. The third kappa shape index (κ3) is 3.66. The smallest absolute Gasteiger partial charge is 0.280 e. The number of thiocarbonyl (C=S) groups is 1. The number of benzene rings is 1. The molecule has 0 unspecified atom stereocenters. The minimum absolute atomic E-state index is 0.129. The molecule has 2 heterocycles. The molecular formula is C17H20N2O5S2. The second kappa shape index (κ2) is 8.26. The van der Waals surface area contributed by atoms with E-state index in [1.165, 1.54) is 11.8 Å². The molecule has 26 heavy (non-hydrogen) atoms. The quantitative estimate of drug-likeness (QED) is 0.554. The molecule has 2 aliphatic rings. The molecule has 0 atom stereocenters. The van der Waals surface area contributed by atoms with Crippen LogP contribution in [0.15, 0.2) is 17.0 Å². The molecule has 140 valence electrons. The average molecular weight is 396 g/mol. The van der Waals surface area contributed by atoms with Gasteiger partial charge in [-0.25, -0.2) is 10.0 Å². The van der Waals surface area contributed by atoms with Crippen molar-refractivity contribution in [2.75, 3.05) is 47.6 Å². The first-order valence-corrected chi connectivity index (χ1v) is 9.22. The second-order valence-electron chi connectivity index (χ2n) is 5.52. The number of carbonyl (C=O) groups is 1. The van der Waals surface area contributed by atoms with E-state index in [4.69, 9.17) is 31.2 Å². The molecular weight excluding hydrogens is 376 g/mol. The van der Waals surface area contributed by atoms with E-state index in [0.717, 1.165) is 5.56 Å². The standard InChI is InChI=1S/C17H20N2O5S2/c1-21-12-8-11(9-13(22-2)15(12)23-3)10-14-16(20)19(17(25)26-14)18-4-6-24-7-5-18/h8-10H,4-7H2,1-3H3. The zero-order chi connectivity index (χ0) is 18.7. The molecule has 3 rings (SSSR count). The van der Waals surface area contributed by atoms with E-state index >= 15 is 0 Å². The minimum atomic E-state index is -0.129. The Balaban J connectivity index is 1.90. The van der Waals surface area contributed by atoms with Gasteiger partial charge in [0.05, 0.1) is 39.4 Å². The highest BCUT2D eigenvalue weighted by molar-refractivity contribution is 8.26. The van der Waals surface area contributed by atoms with Crippen molar-refractivity contribution in [1.82, 2.24) is 10.0 Å². The number of thioether (sulfide) groups is 1. The fraction of sp³-hybridized carbons (Fsp3) is 0.412. The summed E-state index contributed by atoms with van der Waals surface area (Å²) in [5.41, 5.74) is 0.766. The van der Waals surface area contributed by atoms with E-state index < -0.39 is 0 Å². The van der Waals surface area contributed by atoms with Crippen molar-refractivity contribution in [3.05, 3.63) is 22.6 Å². The van der Waals surface area contributed by atoms with Gasteiger partial charge in [0, 0.05) is 13.1 Å². The average Bonchev–Trinajstić information content (AvgIpc) is 2.94. The molecule has 0 N–H and O–H groups in total. The summed E-state index contributed by atoms with van der Waals surface area (Å²) in [4.78, 5) is 13.4. The van der Waals surface area contributed by atoms with Gasteiger partial charge in [0.1, 0.15) is 0 Å². The Hall–Kier alpha value is -1.81. The van der Waals surface area contributed by atoms with Crippen molar-refractivity contribution >= 4 is 40.3 Å². The van der Waals surface area contributed by atoms with Crippen LogP contribution >= 0.6 is 24.0 Å². The first-order chi connectivity index (χ1) is 12.6. The van der Waals surface area contributed by atoms with E-state index in [-0.39, 0.29) is 5.91 Å². The number of hydrazine groups is 1. The SMILES string of the molecule is COc1cc(C=C2SC(=S)N(N3CCOCC3)C2=O)cc(OC)c1OC. The maximum absolute atomic E-state index is 12.8. The Morgan fingerprint density at radius 3 is 2.27 bits per heavy atom. The summed E-state index contributed by atoms with van der Waals surface area (Å²) in [5.74, 6) is 1.44. The van der Waals surface area contributed by atoms with Gasteiger partial charge >= 0.3 is 0 Å². The van der Waals surface area contributed by atoms with Gasteiger partial charge in [-0.15, -0.1) is 0 Å². The highest BCUT2D eigenvalue weighted by Gasteiger charge is 2.37. The Kier molecular flexibility index (Phi) is 6.02. The van der Waals surface area contributed by atoms with Crippen molar-refractivity contribution in [3.63, 3.8) is 0 Å². The highest BCUT2D eigenvalue weighted by Crippen LogP contribution is 2.40. The number of morpholine rings is 1. The Morgan fingerprint density at radius 1 is 1.12 bits per heavy atom. The predicted molar refractivity (Wildman–Crippen MR) is 104 cm³/mol. The molecule has 7 nitrogen and oxygen atoms in total. The first-order valence-electron chi connectivity index (χ1n) is 7.99. The summed E-state index contributed by atoms with van der Waals surface area (Å²) in [6.07, 6.45) is 1.78. The van der Waals surface area contributed by atoms with E-state index in [2.05, 4.69) is 0 Å². The third-order valence-corrected chi connectivity index (χ3v) is 5.31. The van der Waals surface area contributed by atoms with Crippen LogP contribution in [-0.2, 0) is 9.53 Å². The summed E-state index contributed by atoms with van der Waals surface area (Å²) >= 11 is 6.68. The van der Waals surface area contributed by atoms with Crippen molar-refractivity contribution < 1.29 is 23.7 Å². The number of hydrogen-bond acceptors (Lipinski definition) is 8. The molecule has 0 spiro atoms. The van der Waals surface area contributed by atoms with Crippen LogP contribution in [0.5, 0.6) is 17.2 Å². The van der Waals surface area contributed by atoms with Crippen LogP contribution in [0, 0.1) is 0 Å². The maximum atomic E-state index is 12.8. The van der Waals surface area contributed by atoms with E-state index in [1.807, 2.05) is 5.01 Å². The molecule has 9 heteroatoms. The topological polar surface area (TPSA) is 60.5 Å². The van der Waals surface area contributed by atoms with Crippen LogP contribution in [0.1, 0.15) is 5.56 Å². The monoisotopic (exact) mass is 396 g/mol. The molecule has 0 bridgehead atoms. The summed E-state index contributed by atoms with van der Waals surface area (Å²) in [5, 5.41) is 3.49. The number of carbonyl (C=O) groups excluding carboxylic acids is 1. The fourth-order valence-electron chi connectivity index (χ4n) is 2.79. The van der Waals surface area contributed by atoms with E-state index in [9.17, 15) is 4.79 Å². The van der Waals surface area contributed by atoms with Gasteiger partial charge in [0.2, 0.25) is 5.75 Å². The molecule has 0 aliphatic carbocycles. The largest absolute Gasteiger partial charge is 0.493 e. The van der Waals surface area contributed by atoms with E-state index in [0.29, 0.717) is 52.8 Å². The lowest BCUT2D eigenvalue weighted by Crippen LogP contribution is -2.50. The zero-order valence-corrected chi connectivity index (χ0v) is 16.4. The number of methoxy groups -OCH3 is 3. The molecule has 1 aromatic rings. The number of ether oxygens (including phenoxy) is 4. The molecule has 2 aliphatic heterocycles. The molecule has 0 radical (unpaired) electrons. The van der Waals surface area contributed by atoms with Gasteiger partial charge in [0.25, 0.3) is 5.91 Å². The van der Waals surface area contributed by atoms with Crippen LogP contribution in [0.2, 0.25) is 0 Å². The Morgan fingerprint density at radius 2 is 1.73 bits per heavy atom. The predicted octanol–water partition coefficient (Wildman–Crippen LogP) is 2.16. The van der Waals surface area contributed by atoms with Gasteiger partial charge in [-0.05, 0) is 23.8 Å². The summed E-state index contributed by atoms with van der Waals surface area (Å²) in [7, 11) is 4.66. The zero-order valence-electron chi connectivity index (χ0n) is 14.8. The lowest BCUT2D eigenvalue weighted by atomic mass is 10.1. The number of amides is 1. The van der Waals surface area contributed by atoms with E-state index in [1.54, 1.807) is 44.5 Å². The minimum Gasteiger partial charge on any atom is -0.493 e. The van der Waals surface area contributed by atoms with Crippen molar-refractivity contribution in [2.45, 2.75) is 0 Å². The van der Waals surface area contributed by atoms with Gasteiger partial charge in [-0.3, -0.25) is 4.79 Å². The summed E-state index contributed by atoms with van der Waals surface area (Å²) in [6, 6.07) is 3.59. The molecule has 2 fully saturated rings. The van der Waals surface area contributed by atoms with Crippen molar-refractivity contribution in [3.8, 4) is 17.2 Å². The van der Waals surface area contributed by atoms with Gasteiger partial charge < -0.3 is 18.9 Å². The molecule has 0 saturated carbocycles. The second-order valence-corrected chi connectivity index (χ2v) is 7.19. The van der Waals surface area contributed by atoms with Crippen LogP contribution in [0.3, 0.4) is 0 Å². The normalized spacial score (nSPS) is 20.0.